The van der Waals surface area contributed by atoms with E-state index in [-0.39, 0.29) is 6.04 Å². The Morgan fingerprint density at radius 3 is 2.67 bits per heavy atom. The van der Waals surface area contributed by atoms with Crippen molar-refractivity contribution in [3.63, 3.8) is 0 Å². The van der Waals surface area contributed by atoms with Gasteiger partial charge in [0.05, 0.1) is 0 Å². The third-order valence-electron chi connectivity index (χ3n) is 2.73. The Hall–Kier alpha value is -1.06. The molecule has 1 heterocycles. The lowest BCUT2D eigenvalue weighted by molar-refractivity contribution is 0.0380. The van der Waals surface area contributed by atoms with E-state index < -0.39 is 0 Å². The fourth-order valence-corrected chi connectivity index (χ4v) is 1.86. The van der Waals surface area contributed by atoms with Gasteiger partial charge in [-0.25, -0.2) is 0 Å². The molecule has 0 radical (unpaired) electrons. The number of ether oxygens (including phenoxy) is 1. The molecule has 1 unspecified atom stereocenters. The maximum Gasteiger partial charge on any atom is 0.124 e. The molecule has 0 spiro atoms. The number of hydrogen-bond donors (Lipinski definition) is 1. The van der Waals surface area contributed by atoms with E-state index in [4.69, 9.17) is 10.5 Å². The second-order valence-electron chi connectivity index (χ2n) is 4.29. The summed E-state index contributed by atoms with van der Waals surface area (Å²) in [7, 11) is 2.09. The van der Waals surface area contributed by atoms with E-state index in [0.29, 0.717) is 6.10 Å². The molecule has 82 valence electrons. The van der Waals surface area contributed by atoms with Crippen molar-refractivity contribution in [3.05, 3.63) is 29.8 Å². The van der Waals surface area contributed by atoms with Gasteiger partial charge >= 0.3 is 0 Å². The van der Waals surface area contributed by atoms with Gasteiger partial charge in [0.25, 0.3) is 0 Å². The van der Waals surface area contributed by atoms with Crippen LogP contribution in [0.15, 0.2) is 24.3 Å². The van der Waals surface area contributed by atoms with Gasteiger partial charge in [-0.1, -0.05) is 18.2 Å². The first kappa shape index (κ1) is 10.5. The van der Waals surface area contributed by atoms with Crippen molar-refractivity contribution in [2.75, 3.05) is 20.1 Å². The molecule has 15 heavy (non-hydrogen) atoms. The van der Waals surface area contributed by atoms with Crippen molar-refractivity contribution >= 4 is 0 Å². The van der Waals surface area contributed by atoms with E-state index in [9.17, 15) is 0 Å². The summed E-state index contributed by atoms with van der Waals surface area (Å²) in [5.41, 5.74) is 6.98. The van der Waals surface area contributed by atoms with Crippen LogP contribution in [0.5, 0.6) is 5.75 Å². The van der Waals surface area contributed by atoms with Crippen LogP contribution in [0.25, 0.3) is 0 Å². The second kappa shape index (κ2) is 4.21. The number of benzene rings is 1. The van der Waals surface area contributed by atoms with Gasteiger partial charge in [-0.2, -0.15) is 0 Å². The van der Waals surface area contributed by atoms with Crippen LogP contribution in [-0.2, 0) is 0 Å². The van der Waals surface area contributed by atoms with Crippen molar-refractivity contribution < 1.29 is 4.74 Å². The van der Waals surface area contributed by atoms with Gasteiger partial charge in [-0.3, -0.25) is 4.90 Å². The normalized spacial score (nSPS) is 19.7. The van der Waals surface area contributed by atoms with Crippen molar-refractivity contribution in [1.82, 2.24) is 4.90 Å². The molecule has 0 aromatic heterocycles. The van der Waals surface area contributed by atoms with E-state index in [1.807, 2.05) is 31.2 Å². The fraction of sp³-hybridized carbons (Fsp3) is 0.500. The van der Waals surface area contributed by atoms with Crippen LogP contribution in [0, 0.1) is 0 Å². The number of nitrogens with two attached hydrogens (primary N) is 1. The zero-order valence-corrected chi connectivity index (χ0v) is 9.31. The minimum atomic E-state index is 0.0269. The highest BCUT2D eigenvalue weighted by Crippen LogP contribution is 2.25. The van der Waals surface area contributed by atoms with Crippen molar-refractivity contribution in [2.45, 2.75) is 19.1 Å². The van der Waals surface area contributed by atoms with Gasteiger partial charge < -0.3 is 10.5 Å². The van der Waals surface area contributed by atoms with Gasteiger partial charge in [-0.15, -0.1) is 0 Å². The lowest BCUT2D eigenvalue weighted by Gasteiger charge is -2.36. The molecule has 2 N–H and O–H groups in total. The number of para-hydroxylation sites is 1. The Labute approximate surface area is 90.8 Å². The molecule has 1 atom stereocenters. The summed E-state index contributed by atoms with van der Waals surface area (Å²) in [6.07, 6.45) is 0.329. The molecule has 3 nitrogen and oxygen atoms in total. The fourth-order valence-electron chi connectivity index (χ4n) is 1.86. The molecule has 0 bridgehead atoms. The molecule has 1 aromatic carbocycles. The van der Waals surface area contributed by atoms with Crippen molar-refractivity contribution in [1.29, 1.82) is 0 Å². The SMILES string of the molecule is CC(N)c1ccccc1OC1CN(C)C1. The molecule has 0 aliphatic carbocycles. The van der Waals surface area contributed by atoms with E-state index in [1.165, 1.54) is 0 Å². The molecule has 0 amide bonds. The molecular weight excluding hydrogens is 188 g/mol. The lowest BCUT2D eigenvalue weighted by atomic mass is 10.1. The zero-order chi connectivity index (χ0) is 10.8. The van der Waals surface area contributed by atoms with E-state index in [2.05, 4.69) is 11.9 Å². The van der Waals surface area contributed by atoms with Gasteiger partial charge in [0, 0.05) is 24.7 Å². The average Bonchev–Trinajstić information content (AvgIpc) is 2.16. The summed E-state index contributed by atoms with van der Waals surface area (Å²) in [6, 6.07) is 8.04. The smallest absolute Gasteiger partial charge is 0.124 e. The van der Waals surface area contributed by atoms with E-state index in [0.717, 1.165) is 24.4 Å². The minimum absolute atomic E-state index is 0.0269. The second-order valence-corrected chi connectivity index (χ2v) is 4.29. The monoisotopic (exact) mass is 206 g/mol. The van der Waals surface area contributed by atoms with Crippen LogP contribution < -0.4 is 10.5 Å². The van der Waals surface area contributed by atoms with Gasteiger partial charge in [0.1, 0.15) is 11.9 Å². The van der Waals surface area contributed by atoms with Crippen LogP contribution in [0.1, 0.15) is 18.5 Å². The Kier molecular flexibility index (Phi) is 2.93. The van der Waals surface area contributed by atoms with Crippen molar-refractivity contribution in [3.8, 4) is 5.75 Å². The molecule has 1 saturated heterocycles. The molecule has 1 aromatic rings. The number of hydrogen-bond acceptors (Lipinski definition) is 3. The summed E-state index contributed by atoms with van der Waals surface area (Å²) in [4.78, 5) is 2.24. The molecule has 1 aliphatic rings. The summed E-state index contributed by atoms with van der Waals surface area (Å²) in [5, 5.41) is 0. The molecule has 3 heteroatoms. The van der Waals surface area contributed by atoms with Crippen LogP contribution in [-0.4, -0.2) is 31.1 Å². The first-order valence-corrected chi connectivity index (χ1v) is 5.36. The highest BCUT2D eigenvalue weighted by atomic mass is 16.5. The maximum atomic E-state index is 5.89. The van der Waals surface area contributed by atoms with E-state index >= 15 is 0 Å². The molecule has 1 fully saturated rings. The predicted octanol–water partition coefficient (Wildman–Crippen LogP) is 1.40. The Morgan fingerprint density at radius 2 is 2.07 bits per heavy atom. The standard InChI is InChI=1S/C12H18N2O/c1-9(13)11-5-3-4-6-12(11)15-10-7-14(2)8-10/h3-6,9-10H,7-8,13H2,1-2H3. The first-order valence-electron chi connectivity index (χ1n) is 5.36. The maximum absolute atomic E-state index is 5.89. The molecular formula is C12H18N2O. The Bertz CT molecular complexity index is 332. The topological polar surface area (TPSA) is 38.5 Å². The van der Waals surface area contributed by atoms with Gasteiger partial charge in [0.15, 0.2) is 0 Å². The number of likely N-dealkylation sites (N-methyl/N-ethyl adjacent to an activating group) is 1. The highest BCUT2D eigenvalue weighted by molar-refractivity contribution is 5.35. The lowest BCUT2D eigenvalue weighted by Crippen LogP contribution is -2.51. The summed E-state index contributed by atoms with van der Waals surface area (Å²) >= 11 is 0. The minimum Gasteiger partial charge on any atom is -0.487 e. The molecule has 0 saturated carbocycles. The van der Waals surface area contributed by atoms with Crippen LogP contribution >= 0.6 is 0 Å². The van der Waals surface area contributed by atoms with Crippen LogP contribution in [0.4, 0.5) is 0 Å². The zero-order valence-electron chi connectivity index (χ0n) is 9.31. The third-order valence-corrected chi connectivity index (χ3v) is 2.73. The van der Waals surface area contributed by atoms with Gasteiger partial charge in [-0.05, 0) is 20.0 Å². The highest BCUT2D eigenvalue weighted by Gasteiger charge is 2.25. The summed E-state index contributed by atoms with van der Waals surface area (Å²) < 4.78 is 5.89. The van der Waals surface area contributed by atoms with Gasteiger partial charge in [0.2, 0.25) is 0 Å². The van der Waals surface area contributed by atoms with Crippen molar-refractivity contribution in [2.24, 2.45) is 5.73 Å². The first-order chi connectivity index (χ1) is 7.16. The summed E-state index contributed by atoms with van der Waals surface area (Å²) in [5.74, 6) is 0.936. The number of rotatable bonds is 3. The molecule has 2 rings (SSSR count). The predicted molar refractivity (Wildman–Crippen MR) is 61.0 cm³/mol. The number of likely N-dealkylation sites (tertiary alicyclic amines) is 1. The average molecular weight is 206 g/mol. The van der Waals surface area contributed by atoms with Crippen LogP contribution in [0.3, 0.4) is 0 Å². The largest absolute Gasteiger partial charge is 0.487 e. The van der Waals surface area contributed by atoms with E-state index in [1.54, 1.807) is 0 Å². The quantitative estimate of drug-likeness (QED) is 0.812. The third kappa shape index (κ3) is 2.30. The summed E-state index contributed by atoms with van der Waals surface area (Å²) in [6.45, 7) is 4.00. The Morgan fingerprint density at radius 1 is 1.40 bits per heavy atom. The molecule has 1 aliphatic heterocycles. The van der Waals surface area contributed by atoms with Crippen LogP contribution in [0.2, 0.25) is 0 Å². The Balaban J connectivity index is 2.07. The number of nitrogens with zero attached hydrogens (tertiary/aromatic N) is 1.